The van der Waals surface area contributed by atoms with Crippen LogP contribution in [0.3, 0.4) is 0 Å². The molecule has 5 heteroatoms. The fraction of sp³-hybridized carbons (Fsp3) is 0.600. The maximum absolute atomic E-state index is 12.4. The third-order valence-corrected chi connectivity index (χ3v) is 3.81. The number of hydrogen-bond donors (Lipinski definition) is 1. The van der Waals surface area contributed by atoms with E-state index in [1.807, 2.05) is 11.8 Å². The molecule has 0 spiro atoms. The summed E-state index contributed by atoms with van der Waals surface area (Å²) in [6, 6.07) is 3.72. The van der Waals surface area contributed by atoms with Crippen LogP contribution >= 0.6 is 0 Å². The third kappa shape index (κ3) is 3.70. The van der Waals surface area contributed by atoms with E-state index in [1.165, 1.54) is 0 Å². The van der Waals surface area contributed by atoms with E-state index >= 15 is 0 Å². The molecular formula is C15H23N3O2. The van der Waals surface area contributed by atoms with Crippen molar-refractivity contribution >= 4 is 5.91 Å². The largest absolute Gasteiger partial charge is 0.479 e. The zero-order valence-corrected chi connectivity index (χ0v) is 12.2. The number of carbonyl (C=O) groups is 1. The average Bonchev–Trinajstić information content (AvgIpc) is 2.47. The predicted octanol–water partition coefficient (Wildman–Crippen LogP) is 1.43. The zero-order chi connectivity index (χ0) is 14.5. The number of ether oxygens (including phenoxy) is 1. The molecule has 1 amide bonds. The van der Waals surface area contributed by atoms with E-state index in [0.29, 0.717) is 11.7 Å². The van der Waals surface area contributed by atoms with Crippen LogP contribution in [-0.2, 0) is 4.79 Å². The molecule has 1 aromatic rings. The van der Waals surface area contributed by atoms with Gasteiger partial charge in [-0.3, -0.25) is 9.78 Å². The lowest BCUT2D eigenvalue weighted by Crippen LogP contribution is -2.48. The molecule has 0 radical (unpaired) electrons. The van der Waals surface area contributed by atoms with Gasteiger partial charge >= 0.3 is 0 Å². The van der Waals surface area contributed by atoms with Crippen molar-refractivity contribution < 1.29 is 9.53 Å². The van der Waals surface area contributed by atoms with Crippen molar-refractivity contribution in [1.82, 2.24) is 9.88 Å². The van der Waals surface area contributed by atoms with Crippen molar-refractivity contribution in [1.29, 1.82) is 0 Å². The van der Waals surface area contributed by atoms with Crippen LogP contribution in [0.5, 0.6) is 5.75 Å². The molecule has 0 unspecified atom stereocenters. The number of rotatable bonds is 4. The van der Waals surface area contributed by atoms with Gasteiger partial charge in [-0.05, 0) is 44.7 Å². The highest BCUT2D eigenvalue weighted by Crippen LogP contribution is 2.20. The van der Waals surface area contributed by atoms with Crippen molar-refractivity contribution in [2.75, 3.05) is 13.1 Å². The van der Waals surface area contributed by atoms with E-state index in [1.54, 1.807) is 31.5 Å². The van der Waals surface area contributed by atoms with Gasteiger partial charge in [-0.25, -0.2) is 0 Å². The van der Waals surface area contributed by atoms with Crippen LogP contribution in [0.1, 0.15) is 26.7 Å². The summed E-state index contributed by atoms with van der Waals surface area (Å²) in [5.41, 5.74) is 5.95. The molecule has 1 aliphatic heterocycles. The minimum absolute atomic E-state index is 0.0270. The minimum atomic E-state index is -0.494. The van der Waals surface area contributed by atoms with Gasteiger partial charge in [0.15, 0.2) is 6.10 Å². The molecule has 110 valence electrons. The standard InChI is InChI=1S/C15H23N3O2/c1-11(16)13-5-4-8-18(10-13)15(19)12(2)20-14-6-3-7-17-9-14/h3,6-7,9,11-13H,4-5,8,10,16H2,1-2H3/t11-,12+,13-/m1/s1. The molecule has 2 rings (SSSR count). The molecule has 20 heavy (non-hydrogen) atoms. The molecule has 3 atom stereocenters. The number of likely N-dealkylation sites (tertiary alicyclic amines) is 1. The molecule has 1 saturated heterocycles. The van der Waals surface area contributed by atoms with Gasteiger partial charge in [0.2, 0.25) is 0 Å². The third-order valence-electron chi connectivity index (χ3n) is 3.81. The molecule has 2 heterocycles. The highest BCUT2D eigenvalue weighted by atomic mass is 16.5. The summed E-state index contributed by atoms with van der Waals surface area (Å²) < 4.78 is 5.64. The van der Waals surface area contributed by atoms with E-state index in [0.717, 1.165) is 25.9 Å². The number of piperidine rings is 1. The topological polar surface area (TPSA) is 68.5 Å². The van der Waals surface area contributed by atoms with Crippen LogP contribution in [0.15, 0.2) is 24.5 Å². The lowest BCUT2D eigenvalue weighted by Gasteiger charge is -2.35. The van der Waals surface area contributed by atoms with Gasteiger partial charge < -0.3 is 15.4 Å². The van der Waals surface area contributed by atoms with Crippen LogP contribution in [0.4, 0.5) is 0 Å². The lowest BCUT2D eigenvalue weighted by atomic mass is 9.92. The summed E-state index contributed by atoms with van der Waals surface area (Å²) in [5, 5.41) is 0. The Morgan fingerprint density at radius 1 is 1.55 bits per heavy atom. The number of amides is 1. The van der Waals surface area contributed by atoms with E-state index in [-0.39, 0.29) is 11.9 Å². The van der Waals surface area contributed by atoms with Crippen molar-refractivity contribution in [3.8, 4) is 5.75 Å². The Hall–Kier alpha value is -1.62. The molecule has 0 saturated carbocycles. The zero-order valence-electron chi connectivity index (χ0n) is 12.2. The first-order chi connectivity index (χ1) is 9.58. The maximum atomic E-state index is 12.4. The first kappa shape index (κ1) is 14.8. The van der Waals surface area contributed by atoms with Crippen LogP contribution in [-0.4, -0.2) is 41.0 Å². The summed E-state index contributed by atoms with van der Waals surface area (Å²) >= 11 is 0. The van der Waals surface area contributed by atoms with Gasteiger partial charge in [0.05, 0.1) is 6.20 Å². The van der Waals surface area contributed by atoms with Crippen LogP contribution in [0, 0.1) is 5.92 Å². The van der Waals surface area contributed by atoms with E-state index < -0.39 is 6.10 Å². The molecule has 2 N–H and O–H groups in total. The SMILES string of the molecule is C[C@H](Oc1cccnc1)C(=O)N1CCC[C@@H]([C@@H](C)N)C1. The molecule has 5 nitrogen and oxygen atoms in total. The Labute approximate surface area is 120 Å². The second-order valence-corrected chi connectivity index (χ2v) is 5.49. The van der Waals surface area contributed by atoms with E-state index in [2.05, 4.69) is 4.98 Å². The normalized spacial score (nSPS) is 22.1. The fourth-order valence-electron chi connectivity index (χ4n) is 2.57. The Bertz CT molecular complexity index is 436. The van der Waals surface area contributed by atoms with Gasteiger partial charge in [-0.2, -0.15) is 0 Å². The van der Waals surface area contributed by atoms with Gasteiger partial charge in [0.1, 0.15) is 5.75 Å². The Kier molecular flexibility index (Phi) is 4.95. The number of pyridine rings is 1. The lowest BCUT2D eigenvalue weighted by molar-refractivity contribution is -0.139. The maximum Gasteiger partial charge on any atom is 0.263 e. The first-order valence-corrected chi connectivity index (χ1v) is 7.19. The Balaban J connectivity index is 1.93. The highest BCUT2D eigenvalue weighted by Gasteiger charge is 2.29. The Morgan fingerprint density at radius 2 is 2.35 bits per heavy atom. The summed E-state index contributed by atoms with van der Waals surface area (Å²) in [6.45, 7) is 5.32. The van der Waals surface area contributed by atoms with Crippen molar-refractivity contribution in [2.24, 2.45) is 11.7 Å². The molecule has 1 fully saturated rings. The van der Waals surface area contributed by atoms with Gasteiger partial charge in [-0.15, -0.1) is 0 Å². The number of aromatic nitrogens is 1. The number of nitrogens with two attached hydrogens (primary N) is 1. The van der Waals surface area contributed by atoms with Crippen molar-refractivity contribution in [2.45, 2.75) is 38.8 Å². The van der Waals surface area contributed by atoms with E-state index in [4.69, 9.17) is 10.5 Å². The van der Waals surface area contributed by atoms with Crippen LogP contribution in [0.2, 0.25) is 0 Å². The average molecular weight is 277 g/mol. The van der Waals surface area contributed by atoms with Crippen molar-refractivity contribution in [3.05, 3.63) is 24.5 Å². The Morgan fingerprint density at radius 3 is 3.00 bits per heavy atom. The molecule has 0 aliphatic carbocycles. The molecule has 0 aromatic carbocycles. The molecule has 1 aliphatic rings. The highest BCUT2D eigenvalue weighted by molar-refractivity contribution is 5.81. The minimum Gasteiger partial charge on any atom is -0.479 e. The molecule has 1 aromatic heterocycles. The second-order valence-electron chi connectivity index (χ2n) is 5.49. The van der Waals surface area contributed by atoms with Crippen LogP contribution < -0.4 is 10.5 Å². The monoisotopic (exact) mass is 277 g/mol. The van der Waals surface area contributed by atoms with Crippen molar-refractivity contribution in [3.63, 3.8) is 0 Å². The molecule has 0 bridgehead atoms. The summed E-state index contributed by atoms with van der Waals surface area (Å²) in [6.07, 6.45) is 4.91. The first-order valence-electron chi connectivity index (χ1n) is 7.19. The number of carbonyl (C=O) groups excluding carboxylic acids is 1. The van der Waals surface area contributed by atoms with Gasteiger partial charge in [0, 0.05) is 25.3 Å². The summed E-state index contributed by atoms with van der Waals surface area (Å²) in [7, 11) is 0. The van der Waals surface area contributed by atoms with Crippen LogP contribution in [0.25, 0.3) is 0 Å². The smallest absolute Gasteiger partial charge is 0.263 e. The quantitative estimate of drug-likeness (QED) is 0.904. The fourth-order valence-corrected chi connectivity index (χ4v) is 2.57. The summed E-state index contributed by atoms with van der Waals surface area (Å²) in [5.74, 6) is 1.03. The van der Waals surface area contributed by atoms with Gasteiger partial charge in [0.25, 0.3) is 5.91 Å². The summed E-state index contributed by atoms with van der Waals surface area (Å²) in [4.78, 5) is 18.3. The predicted molar refractivity (Wildman–Crippen MR) is 77.3 cm³/mol. The van der Waals surface area contributed by atoms with Gasteiger partial charge in [-0.1, -0.05) is 0 Å². The number of hydrogen-bond acceptors (Lipinski definition) is 4. The number of nitrogens with zero attached hydrogens (tertiary/aromatic N) is 2. The molecular weight excluding hydrogens is 254 g/mol. The van der Waals surface area contributed by atoms with E-state index in [9.17, 15) is 4.79 Å². The second kappa shape index (κ2) is 6.70.